The van der Waals surface area contributed by atoms with Gasteiger partial charge in [-0.3, -0.25) is 9.59 Å². The van der Waals surface area contributed by atoms with Crippen LogP contribution in [0.15, 0.2) is 66.8 Å². The van der Waals surface area contributed by atoms with Crippen LogP contribution in [0.4, 0.5) is 0 Å². The van der Waals surface area contributed by atoms with Gasteiger partial charge in [0.25, 0.3) is 11.7 Å². The van der Waals surface area contributed by atoms with Gasteiger partial charge in [0.1, 0.15) is 23.9 Å². The molecule has 0 aliphatic carbocycles. The summed E-state index contributed by atoms with van der Waals surface area (Å²) >= 11 is 0. The van der Waals surface area contributed by atoms with Gasteiger partial charge in [-0.25, -0.2) is 0 Å². The summed E-state index contributed by atoms with van der Waals surface area (Å²) in [5.41, 5.74) is 1.10. The minimum Gasteiger partial charge on any atom is -0.507 e. The van der Waals surface area contributed by atoms with Gasteiger partial charge in [0.2, 0.25) is 0 Å². The Morgan fingerprint density at radius 1 is 1.12 bits per heavy atom. The lowest BCUT2D eigenvalue weighted by Gasteiger charge is -2.25. The van der Waals surface area contributed by atoms with Crippen LogP contribution in [0, 0.1) is 5.92 Å². The maximum atomic E-state index is 13.1. The van der Waals surface area contributed by atoms with Gasteiger partial charge in [-0.2, -0.15) is 0 Å². The molecule has 1 saturated heterocycles. The van der Waals surface area contributed by atoms with Crippen molar-refractivity contribution in [2.75, 3.05) is 33.5 Å². The molecule has 1 aliphatic rings. The van der Waals surface area contributed by atoms with E-state index < -0.39 is 17.7 Å². The van der Waals surface area contributed by atoms with Crippen LogP contribution in [0.2, 0.25) is 0 Å². The zero-order valence-electron chi connectivity index (χ0n) is 19.8. The molecule has 3 rings (SSSR count). The monoisotopic (exact) mass is 465 g/mol. The van der Waals surface area contributed by atoms with Crippen molar-refractivity contribution in [1.29, 1.82) is 0 Å². The summed E-state index contributed by atoms with van der Waals surface area (Å²) in [7, 11) is 1.53. The molecular formula is C27H31NO6. The van der Waals surface area contributed by atoms with Gasteiger partial charge in [0.15, 0.2) is 0 Å². The summed E-state index contributed by atoms with van der Waals surface area (Å²) in [4.78, 5) is 27.4. The van der Waals surface area contributed by atoms with E-state index in [1.165, 1.54) is 12.0 Å². The second kappa shape index (κ2) is 11.5. The highest BCUT2D eigenvalue weighted by Crippen LogP contribution is 2.40. The van der Waals surface area contributed by atoms with Crippen LogP contribution in [0.5, 0.6) is 11.5 Å². The van der Waals surface area contributed by atoms with E-state index in [1.807, 2.05) is 0 Å². The molecule has 1 fully saturated rings. The Labute approximate surface area is 200 Å². The Morgan fingerprint density at radius 2 is 1.85 bits per heavy atom. The first kappa shape index (κ1) is 25.1. The fourth-order valence-electron chi connectivity index (χ4n) is 3.70. The summed E-state index contributed by atoms with van der Waals surface area (Å²) in [6, 6.07) is 13.2. The molecule has 0 radical (unpaired) electrons. The number of nitrogens with zero attached hydrogens (tertiary/aromatic N) is 1. The van der Waals surface area contributed by atoms with E-state index >= 15 is 0 Å². The van der Waals surface area contributed by atoms with Gasteiger partial charge in [-0.05, 0) is 47.9 Å². The number of rotatable bonds is 11. The molecule has 1 amide bonds. The minimum atomic E-state index is -0.778. The molecule has 2 aromatic carbocycles. The fourth-order valence-corrected chi connectivity index (χ4v) is 3.70. The summed E-state index contributed by atoms with van der Waals surface area (Å²) < 4.78 is 16.5. The topological polar surface area (TPSA) is 85.3 Å². The first-order valence-corrected chi connectivity index (χ1v) is 11.2. The largest absolute Gasteiger partial charge is 0.507 e. The molecule has 0 bridgehead atoms. The number of carbonyl (C=O) groups is 2. The normalized spacial score (nSPS) is 17.3. The summed E-state index contributed by atoms with van der Waals surface area (Å²) in [5.74, 6) is -0.0525. The molecule has 1 aliphatic heterocycles. The lowest BCUT2D eigenvalue weighted by Crippen LogP contribution is -2.32. The van der Waals surface area contributed by atoms with Crippen LogP contribution in [0.1, 0.15) is 31.0 Å². The van der Waals surface area contributed by atoms with Crippen molar-refractivity contribution in [3.63, 3.8) is 0 Å². The molecule has 0 aromatic heterocycles. The number of Topliss-reactive ketones (excluding diaryl/α,β-unsaturated/α-hetero) is 1. The van der Waals surface area contributed by atoms with Crippen LogP contribution in [0.3, 0.4) is 0 Å². The zero-order chi connectivity index (χ0) is 24.7. The van der Waals surface area contributed by atoms with Crippen molar-refractivity contribution < 1.29 is 28.9 Å². The third-order valence-electron chi connectivity index (χ3n) is 5.33. The molecule has 0 spiro atoms. The van der Waals surface area contributed by atoms with Crippen molar-refractivity contribution >= 4 is 17.4 Å². The van der Waals surface area contributed by atoms with Gasteiger partial charge in [-0.1, -0.05) is 38.6 Å². The average Bonchev–Trinajstić information content (AvgIpc) is 3.09. The van der Waals surface area contributed by atoms with Crippen LogP contribution in [-0.4, -0.2) is 55.2 Å². The van der Waals surface area contributed by atoms with E-state index in [0.29, 0.717) is 41.8 Å². The standard InChI is InChI=1S/C27H31NO6/c1-5-14-33-22-8-6-7-20(16-22)24-23(26(30)27(31)28(24)13-15-32-4)25(29)19-9-11-21(12-10-19)34-17-18(2)3/h5-12,16,18,24,29H,1,13-15,17H2,2-4H3/b25-23-. The molecule has 2 aromatic rings. The lowest BCUT2D eigenvalue weighted by molar-refractivity contribution is -0.140. The van der Waals surface area contributed by atoms with Gasteiger partial charge in [0, 0.05) is 19.2 Å². The van der Waals surface area contributed by atoms with Crippen molar-refractivity contribution in [3.8, 4) is 11.5 Å². The van der Waals surface area contributed by atoms with Crippen molar-refractivity contribution in [3.05, 3.63) is 77.9 Å². The molecule has 0 saturated carbocycles. The Hall–Kier alpha value is -3.58. The third kappa shape index (κ3) is 5.66. The van der Waals surface area contributed by atoms with Crippen LogP contribution in [-0.2, 0) is 14.3 Å². The van der Waals surface area contributed by atoms with Gasteiger partial charge in [-0.15, -0.1) is 0 Å². The number of aliphatic hydroxyl groups is 1. The number of amides is 1. The number of likely N-dealkylation sites (tertiary alicyclic amines) is 1. The predicted molar refractivity (Wildman–Crippen MR) is 130 cm³/mol. The van der Waals surface area contributed by atoms with Gasteiger partial charge in [0.05, 0.1) is 24.8 Å². The zero-order valence-corrected chi connectivity index (χ0v) is 19.8. The average molecular weight is 466 g/mol. The van der Waals surface area contributed by atoms with Crippen LogP contribution < -0.4 is 9.47 Å². The van der Waals surface area contributed by atoms with Gasteiger partial charge < -0.3 is 24.2 Å². The number of methoxy groups -OCH3 is 1. The summed E-state index contributed by atoms with van der Waals surface area (Å²) in [6.07, 6.45) is 1.63. The quantitative estimate of drug-likeness (QED) is 0.230. The van der Waals surface area contributed by atoms with E-state index in [2.05, 4.69) is 20.4 Å². The highest BCUT2D eigenvalue weighted by atomic mass is 16.5. The van der Waals surface area contributed by atoms with Gasteiger partial charge >= 0.3 is 0 Å². The predicted octanol–water partition coefficient (Wildman–Crippen LogP) is 4.35. The van der Waals surface area contributed by atoms with E-state index in [4.69, 9.17) is 14.2 Å². The van der Waals surface area contributed by atoms with E-state index in [-0.39, 0.29) is 24.5 Å². The second-order valence-corrected chi connectivity index (χ2v) is 8.39. The number of benzene rings is 2. The Morgan fingerprint density at radius 3 is 2.50 bits per heavy atom. The van der Waals surface area contributed by atoms with E-state index in [1.54, 1.807) is 54.6 Å². The maximum Gasteiger partial charge on any atom is 0.295 e. The van der Waals surface area contributed by atoms with Crippen molar-refractivity contribution in [2.24, 2.45) is 5.92 Å². The second-order valence-electron chi connectivity index (χ2n) is 8.39. The summed E-state index contributed by atoms with van der Waals surface area (Å²) in [5, 5.41) is 11.2. The number of hydrogen-bond donors (Lipinski definition) is 1. The highest BCUT2D eigenvalue weighted by molar-refractivity contribution is 6.46. The molecule has 7 nitrogen and oxygen atoms in total. The molecule has 7 heteroatoms. The number of hydrogen-bond acceptors (Lipinski definition) is 6. The molecule has 180 valence electrons. The third-order valence-corrected chi connectivity index (χ3v) is 5.33. The Kier molecular flexibility index (Phi) is 8.49. The lowest BCUT2D eigenvalue weighted by atomic mass is 9.95. The minimum absolute atomic E-state index is 0.0258. The van der Waals surface area contributed by atoms with Crippen molar-refractivity contribution in [1.82, 2.24) is 4.90 Å². The maximum absolute atomic E-state index is 13.1. The first-order chi connectivity index (χ1) is 16.4. The molecule has 1 unspecified atom stereocenters. The van der Waals surface area contributed by atoms with E-state index in [9.17, 15) is 14.7 Å². The molecule has 1 heterocycles. The number of ether oxygens (including phenoxy) is 3. The highest BCUT2D eigenvalue weighted by Gasteiger charge is 2.46. The number of ketones is 1. The molecule has 1 N–H and O–H groups in total. The fraction of sp³-hybridized carbons (Fsp3) is 0.333. The molecule has 1 atom stereocenters. The number of carbonyl (C=O) groups excluding carboxylic acids is 2. The molecular weight excluding hydrogens is 434 g/mol. The SMILES string of the molecule is C=CCOc1cccc(C2/C(=C(/O)c3ccc(OCC(C)C)cc3)C(=O)C(=O)N2CCOC)c1. The Bertz CT molecular complexity index is 1060. The molecule has 34 heavy (non-hydrogen) atoms. The van der Waals surface area contributed by atoms with Crippen LogP contribution in [0.25, 0.3) is 5.76 Å². The Balaban J connectivity index is 2.03. The first-order valence-electron chi connectivity index (χ1n) is 11.2. The smallest absolute Gasteiger partial charge is 0.295 e. The van der Waals surface area contributed by atoms with Crippen molar-refractivity contribution in [2.45, 2.75) is 19.9 Å². The van der Waals surface area contributed by atoms with E-state index in [0.717, 1.165) is 0 Å². The van der Waals surface area contributed by atoms with Crippen LogP contribution >= 0.6 is 0 Å². The number of aliphatic hydroxyl groups excluding tert-OH is 1. The summed E-state index contributed by atoms with van der Waals surface area (Å²) in [6.45, 7) is 9.09.